The van der Waals surface area contributed by atoms with Crippen LogP contribution in [0.15, 0.2) is 42.5 Å². The van der Waals surface area contributed by atoms with Crippen LogP contribution in [0.3, 0.4) is 0 Å². The normalized spacial score (nSPS) is 11.2. The van der Waals surface area contributed by atoms with Crippen LogP contribution in [0.5, 0.6) is 11.5 Å². The van der Waals surface area contributed by atoms with Gasteiger partial charge in [0.05, 0.1) is 13.2 Å². The van der Waals surface area contributed by atoms with Crippen molar-refractivity contribution >= 4 is 33.9 Å². The Labute approximate surface area is 194 Å². The van der Waals surface area contributed by atoms with Gasteiger partial charge in [0.1, 0.15) is 5.75 Å². The van der Waals surface area contributed by atoms with Crippen molar-refractivity contribution in [3.8, 4) is 11.5 Å². The van der Waals surface area contributed by atoms with Crippen molar-refractivity contribution in [3.63, 3.8) is 0 Å². The highest BCUT2D eigenvalue weighted by Gasteiger charge is 2.23. The molecule has 0 unspecified atom stereocenters. The van der Waals surface area contributed by atoms with Gasteiger partial charge in [0.15, 0.2) is 5.75 Å². The van der Waals surface area contributed by atoms with Crippen LogP contribution in [0.2, 0.25) is 0 Å². The molecule has 0 N–H and O–H groups in total. The van der Waals surface area contributed by atoms with Crippen LogP contribution in [0.4, 0.5) is 9.59 Å². The van der Waals surface area contributed by atoms with E-state index in [4.69, 9.17) is 18.9 Å². The second kappa shape index (κ2) is 11.0. The van der Waals surface area contributed by atoms with Crippen molar-refractivity contribution < 1.29 is 28.5 Å². The van der Waals surface area contributed by atoms with Crippen molar-refractivity contribution in [1.82, 2.24) is 0 Å². The molecule has 0 aliphatic heterocycles. The van der Waals surface area contributed by atoms with Crippen LogP contribution >= 0.6 is 0 Å². The highest BCUT2D eigenvalue weighted by molar-refractivity contribution is 6.13. The van der Waals surface area contributed by atoms with Crippen LogP contribution in [0, 0.1) is 11.8 Å². The fourth-order valence-corrected chi connectivity index (χ4v) is 3.61. The van der Waals surface area contributed by atoms with Gasteiger partial charge < -0.3 is 18.9 Å². The van der Waals surface area contributed by atoms with Crippen molar-refractivity contribution in [3.05, 3.63) is 48.0 Å². The third kappa shape index (κ3) is 5.95. The maximum Gasteiger partial charge on any atom is 0.513 e. The molecule has 0 aliphatic rings. The largest absolute Gasteiger partial charge is 0.513 e. The Morgan fingerprint density at radius 2 is 1.24 bits per heavy atom. The Morgan fingerprint density at radius 1 is 0.727 bits per heavy atom. The first-order valence-electron chi connectivity index (χ1n) is 11.5. The first-order chi connectivity index (χ1) is 15.8. The van der Waals surface area contributed by atoms with Crippen LogP contribution in [-0.4, -0.2) is 25.5 Å². The second-order valence-electron chi connectivity index (χ2n) is 8.91. The molecule has 6 nitrogen and oxygen atoms in total. The molecule has 6 heteroatoms. The van der Waals surface area contributed by atoms with Crippen LogP contribution in [0.1, 0.15) is 46.6 Å². The molecule has 0 aliphatic carbocycles. The second-order valence-corrected chi connectivity index (χ2v) is 8.91. The summed E-state index contributed by atoms with van der Waals surface area (Å²) in [4.78, 5) is 25.0. The van der Waals surface area contributed by atoms with Crippen molar-refractivity contribution in [2.75, 3.05) is 13.2 Å². The quantitative estimate of drug-likeness (QED) is 0.203. The topological polar surface area (TPSA) is 71.1 Å². The van der Waals surface area contributed by atoms with Gasteiger partial charge in [0.2, 0.25) is 0 Å². The molecule has 0 saturated carbocycles. The molecule has 3 aromatic carbocycles. The fraction of sp³-hybridized carbons (Fsp3) is 0.407. The van der Waals surface area contributed by atoms with E-state index in [1.54, 1.807) is 0 Å². The SMILES string of the molecule is CCCc1cccc2c(OC(=O)OCC(C)C)c3ccccc3c(OC(=O)OCC(C)C)c12. The lowest BCUT2D eigenvalue weighted by atomic mass is 9.95. The van der Waals surface area contributed by atoms with Gasteiger partial charge in [-0.05, 0) is 23.8 Å². The first-order valence-corrected chi connectivity index (χ1v) is 11.5. The molecule has 0 heterocycles. The predicted octanol–water partition coefficient (Wildman–Crippen LogP) is 7.29. The van der Waals surface area contributed by atoms with E-state index in [1.807, 2.05) is 70.2 Å². The Bertz CT molecular complexity index is 1130. The summed E-state index contributed by atoms with van der Waals surface area (Å²) in [6.07, 6.45) is 0.146. The minimum atomic E-state index is -0.763. The van der Waals surface area contributed by atoms with E-state index in [0.29, 0.717) is 27.7 Å². The smallest absolute Gasteiger partial charge is 0.434 e. The highest BCUT2D eigenvalue weighted by Crippen LogP contribution is 2.44. The fourth-order valence-electron chi connectivity index (χ4n) is 3.61. The summed E-state index contributed by atoms with van der Waals surface area (Å²) in [7, 11) is 0. The van der Waals surface area contributed by atoms with Crippen LogP contribution in [0.25, 0.3) is 21.5 Å². The number of hydrogen-bond acceptors (Lipinski definition) is 6. The lowest BCUT2D eigenvalue weighted by Crippen LogP contribution is -2.16. The lowest BCUT2D eigenvalue weighted by molar-refractivity contribution is 0.0879. The van der Waals surface area contributed by atoms with E-state index in [1.165, 1.54) is 0 Å². The summed E-state index contributed by atoms with van der Waals surface area (Å²) in [6, 6.07) is 13.1. The summed E-state index contributed by atoms with van der Waals surface area (Å²) < 4.78 is 22.1. The van der Waals surface area contributed by atoms with E-state index < -0.39 is 12.3 Å². The number of hydrogen-bond donors (Lipinski definition) is 0. The van der Waals surface area contributed by atoms with Gasteiger partial charge in [-0.25, -0.2) is 9.59 Å². The Morgan fingerprint density at radius 3 is 1.79 bits per heavy atom. The average molecular weight is 453 g/mol. The van der Waals surface area contributed by atoms with Gasteiger partial charge in [0.25, 0.3) is 0 Å². The monoisotopic (exact) mass is 452 g/mol. The Balaban J connectivity index is 2.18. The summed E-state index contributed by atoms with van der Waals surface area (Å²) in [6.45, 7) is 10.4. The molecule has 0 radical (unpaired) electrons. The van der Waals surface area contributed by atoms with Crippen molar-refractivity contribution in [1.29, 1.82) is 0 Å². The maximum absolute atomic E-state index is 12.5. The molecule has 0 amide bonds. The average Bonchev–Trinajstić information content (AvgIpc) is 2.78. The van der Waals surface area contributed by atoms with Gasteiger partial charge in [0, 0.05) is 21.5 Å². The molecule has 0 atom stereocenters. The third-order valence-electron chi connectivity index (χ3n) is 5.00. The number of fused-ring (bicyclic) bond motifs is 2. The molecular formula is C27H32O6. The zero-order valence-electron chi connectivity index (χ0n) is 20.0. The number of aryl methyl sites for hydroxylation is 1. The molecule has 0 bridgehead atoms. The Kier molecular flexibility index (Phi) is 8.15. The standard InChI is InChI=1S/C27H32O6/c1-6-10-19-11-9-14-22-23(19)25(33-27(29)31-16-18(4)5)21-13-8-7-12-20(21)24(22)32-26(28)30-15-17(2)3/h7-9,11-14,17-18H,6,10,15-16H2,1-5H3. The summed E-state index contributed by atoms with van der Waals surface area (Å²) in [5.41, 5.74) is 0.993. The summed E-state index contributed by atoms with van der Waals surface area (Å²) in [5, 5.41) is 2.70. The predicted molar refractivity (Wildman–Crippen MR) is 129 cm³/mol. The maximum atomic E-state index is 12.5. The molecule has 176 valence electrons. The lowest BCUT2D eigenvalue weighted by Gasteiger charge is -2.18. The van der Waals surface area contributed by atoms with Crippen LogP contribution in [-0.2, 0) is 15.9 Å². The molecule has 3 rings (SSSR count). The van der Waals surface area contributed by atoms with E-state index in [0.717, 1.165) is 23.8 Å². The van der Waals surface area contributed by atoms with Crippen LogP contribution < -0.4 is 9.47 Å². The molecule has 0 spiro atoms. The number of ether oxygens (including phenoxy) is 4. The van der Waals surface area contributed by atoms with Gasteiger partial charge in [-0.1, -0.05) is 83.5 Å². The zero-order valence-corrected chi connectivity index (χ0v) is 20.0. The summed E-state index contributed by atoms with van der Waals surface area (Å²) >= 11 is 0. The molecule has 0 saturated heterocycles. The van der Waals surface area contributed by atoms with E-state index in [2.05, 4.69) is 6.92 Å². The molecule has 0 fully saturated rings. The molecule has 33 heavy (non-hydrogen) atoms. The van der Waals surface area contributed by atoms with Crippen molar-refractivity contribution in [2.45, 2.75) is 47.5 Å². The van der Waals surface area contributed by atoms with Gasteiger partial charge in [-0.2, -0.15) is 0 Å². The minimum Gasteiger partial charge on any atom is -0.434 e. The number of carbonyl (C=O) groups is 2. The molecule has 0 aromatic heterocycles. The molecule has 3 aromatic rings. The van der Waals surface area contributed by atoms with Gasteiger partial charge in [-0.3, -0.25) is 0 Å². The third-order valence-corrected chi connectivity index (χ3v) is 5.00. The van der Waals surface area contributed by atoms with Gasteiger partial charge in [-0.15, -0.1) is 0 Å². The minimum absolute atomic E-state index is 0.189. The molecular weight excluding hydrogens is 420 g/mol. The Hall–Kier alpha value is -3.28. The van der Waals surface area contributed by atoms with Crippen molar-refractivity contribution in [2.24, 2.45) is 11.8 Å². The van der Waals surface area contributed by atoms with Gasteiger partial charge >= 0.3 is 12.3 Å². The van der Waals surface area contributed by atoms with E-state index >= 15 is 0 Å². The van der Waals surface area contributed by atoms with E-state index in [9.17, 15) is 9.59 Å². The van der Waals surface area contributed by atoms with E-state index in [-0.39, 0.29) is 25.0 Å². The highest BCUT2D eigenvalue weighted by atomic mass is 16.7. The zero-order chi connectivity index (χ0) is 24.0. The first kappa shape index (κ1) is 24.4. The number of benzene rings is 3. The number of carbonyl (C=O) groups excluding carboxylic acids is 2. The summed E-state index contributed by atoms with van der Waals surface area (Å²) in [5.74, 6) is 1.17. The number of rotatable bonds is 8.